The van der Waals surface area contributed by atoms with Crippen LogP contribution in [0.5, 0.6) is 0 Å². The van der Waals surface area contributed by atoms with E-state index in [1.807, 2.05) is 43.4 Å². The molecule has 0 bridgehead atoms. The van der Waals surface area contributed by atoms with Gasteiger partial charge in [0.05, 0.1) is 11.1 Å². The largest absolute Gasteiger partial charge is 0.354 e. The third kappa shape index (κ3) is 3.23. The van der Waals surface area contributed by atoms with Gasteiger partial charge in [0.2, 0.25) is 0 Å². The highest BCUT2D eigenvalue weighted by atomic mass is 35.5. The first-order valence-electron chi connectivity index (χ1n) is 10.1. The molecule has 0 radical (unpaired) electrons. The van der Waals surface area contributed by atoms with E-state index in [-0.39, 0.29) is 5.91 Å². The van der Waals surface area contributed by atoms with Crippen LogP contribution in [0.3, 0.4) is 0 Å². The number of aromatic amines is 1. The Morgan fingerprint density at radius 2 is 1.77 bits per heavy atom. The Morgan fingerprint density at radius 3 is 2.58 bits per heavy atom. The summed E-state index contributed by atoms with van der Waals surface area (Å²) in [5.41, 5.74) is 4.93. The Labute approximate surface area is 184 Å². The van der Waals surface area contributed by atoms with Crippen molar-refractivity contribution >= 4 is 51.3 Å². The molecule has 2 heterocycles. The second-order valence-corrected chi connectivity index (χ2v) is 7.99. The van der Waals surface area contributed by atoms with Gasteiger partial charge in [-0.05, 0) is 49.3 Å². The minimum atomic E-state index is -0.393. The van der Waals surface area contributed by atoms with Crippen molar-refractivity contribution in [1.29, 1.82) is 0 Å². The summed E-state index contributed by atoms with van der Waals surface area (Å²) in [6, 6.07) is 15.3. The van der Waals surface area contributed by atoms with E-state index in [0.717, 1.165) is 45.9 Å². The molecule has 4 aromatic rings. The number of benzene rings is 3. The Hall–Kier alpha value is -3.41. The number of imide groups is 1. The number of aromatic nitrogens is 1. The van der Waals surface area contributed by atoms with Crippen molar-refractivity contribution in [3.05, 3.63) is 76.3 Å². The molecule has 2 amide bonds. The lowest BCUT2D eigenvalue weighted by molar-refractivity contribution is 0.0880. The smallest absolute Gasteiger partial charge is 0.259 e. The van der Waals surface area contributed by atoms with Gasteiger partial charge in [-0.15, -0.1) is 0 Å². The predicted octanol–water partition coefficient (Wildman–Crippen LogP) is 5.15. The maximum Gasteiger partial charge on any atom is 0.259 e. The molecular weight excluding hydrogens is 410 g/mol. The van der Waals surface area contributed by atoms with Gasteiger partial charge in [0.15, 0.2) is 0 Å². The Kier molecular flexibility index (Phi) is 4.85. The van der Waals surface area contributed by atoms with Crippen molar-refractivity contribution < 1.29 is 9.59 Å². The predicted molar refractivity (Wildman–Crippen MR) is 126 cm³/mol. The summed E-state index contributed by atoms with van der Waals surface area (Å²) in [5, 5.41) is 7.78. The molecule has 0 unspecified atom stereocenters. The number of nitrogens with one attached hydrogen (secondary N) is 3. The molecule has 1 aromatic heterocycles. The topological polar surface area (TPSA) is 74.0 Å². The number of fused-ring (bicyclic) bond motifs is 5. The van der Waals surface area contributed by atoms with Crippen molar-refractivity contribution in [2.24, 2.45) is 0 Å². The van der Waals surface area contributed by atoms with Gasteiger partial charge in [-0.1, -0.05) is 54.1 Å². The summed E-state index contributed by atoms with van der Waals surface area (Å²) in [7, 11) is 1.93. The molecule has 1 aliphatic heterocycles. The van der Waals surface area contributed by atoms with Crippen molar-refractivity contribution in [3.8, 4) is 11.1 Å². The van der Waals surface area contributed by atoms with E-state index in [2.05, 4.69) is 33.8 Å². The fraction of sp³-hybridized carbons (Fsp3) is 0.120. The van der Waals surface area contributed by atoms with Crippen LogP contribution in [0, 0.1) is 0 Å². The van der Waals surface area contributed by atoms with Crippen LogP contribution >= 0.6 is 11.6 Å². The summed E-state index contributed by atoms with van der Waals surface area (Å²) in [6.45, 7) is 0.922. The maximum absolute atomic E-state index is 12.8. The molecule has 5 nitrogen and oxygen atoms in total. The highest BCUT2D eigenvalue weighted by Crippen LogP contribution is 2.40. The van der Waals surface area contributed by atoms with Crippen LogP contribution < -0.4 is 10.6 Å². The van der Waals surface area contributed by atoms with Gasteiger partial charge in [-0.2, -0.15) is 0 Å². The van der Waals surface area contributed by atoms with Crippen LogP contribution in [-0.4, -0.2) is 30.4 Å². The Morgan fingerprint density at radius 1 is 0.968 bits per heavy atom. The number of hydrogen-bond donors (Lipinski definition) is 3. The van der Waals surface area contributed by atoms with E-state index < -0.39 is 5.91 Å². The number of amides is 2. The lowest BCUT2D eigenvalue weighted by atomic mass is 9.93. The second-order valence-electron chi connectivity index (χ2n) is 7.58. The molecule has 5 rings (SSSR count). The Bertz CT molecular complexity index is 1400. The second kappa shape index (κ2) is 7.69. The molecule has 154 valence electrons. The molecular formula is C25H20ClN3O2. The first-order chi connectivity index (χ1) is 15.1. The van der Waals surface area contributed by atoms with E-state index in [1.165, 1.54) is 0 Å². The van der Waals surface area contributed by atoms with Gasteiger partial charge in [-0.25, -0.2) is 0 Å². The summed E-state index contributed by atoms with van der Waals surface area (Å²) in [6.07, 6.45) is 5.15. The molecule has 0 saturated carbocycles. The van der Waals surface area contributed by atoms with Crippen molar-refractivity contribution in [1.82, 2.24) is 15.6 Å². The first kappa shape index (κ1) is 19.5. The molecule has 3 aromatic carbocycles. The molecule has 31 heavy (non-hydrogen) atoms. The first-order valence-corrected chi connectivity index (χ1v) is 10.5. The van der Waals surface area contributed by atoms with E-state index in [1.54, 1.807) is 6.07 Å². The molecule has 1 aliphatic rings. The minimum Gasteiger partial charge on any atom is -0.354 e. The van der Waals surface area contributed by atoms with Crippen molar-refractivity contribution in [3.63, 3.8) is 0 Å². The van der Waals surface area contributed by atoms with Crippen LogP contribution in [-0.2, 0) is 0 Å². The maximum atomic E-state index is 12.8. The summed E-state index contributed by atoms with van der Waals surface area (Å²) < 4.78 is 0. The number of halogens is 1. The van der Waals surface area contributed by atoms with E-state index in [9.17, 15) is 9.59 Å². The molecule has 0 spiro atoms. The molecule has 0 atom stereocenters. The standard InChI is InChI=1S/C25H20ClN3O2/c1-27-11-5-4-6-14-9-10-16-19(12-14)28-20-13-17(15-7-2-3-8-18(15)26)22-23(21(16)20)25(31)29-24(22)30/h2-4,6-10,12-13,27-28H,5,11H2,1H3,(H,29,30,31)/b6-4+. The fourth-order valence-electron chi connectivity index (χ4n) is 4.22. The van der Waals surface area contributed by atoms with Crippen LogP contribution in [0.1, 0.15) is 32.7 Å². The zero-order chi connectivity index (χ0) is 21.5. The van der Waals surface area contributed by atoms with Crippen LogP contribution in [0.25, 0.3) is 39.0 Å². The summed E-state index contributed by atoms with van der Waals surface area (Å²) in [4.78, 5) is 28.9. The van der Waals surface area contributed by atoms with Gasteiger partial charge in [0.25, 0.3) is 11.8 Å². The quantitative estimate of drug-likeness (QED) is 0.303. The highest BCUT2D eigenvalue weighted by Gasteiger charge is 2.34. The third-order valence-corrected chi connectivity index (χ3v) is 5.96. The third-order valence-electron chi connectivity index (χ3n) is 5.63. The number of rotatable bonds is 5. The molecule has 0 saturated heterocycles. The molecule has 6 heteroatoms. The average Bonchev–Trinajstić information content (AvgIpc) is 3.27. The zero-order valence-corrected chi connectivity index (χ0v) is 17.6. The summed E-state index contributed by atoms with van der Waals surface area (Å²) >= 11 is 6.43. The molecule has 0 fully saturated rings. The van der Waals surface area contributed by atoms with Crippen molar-refractivity contribution in [2.75, 3.05) is 13.6 Å². The monoisotopic (exact) mass is 429 g/mol. The number of H-pyrrole nitrogens is 1. The number of carbonyl (C=O) groups is 2. The van der Waals surface area contributed by atoms with Crippen LogP contribution in [0.15, 0.2) is 54.6 Å². The van der Waals surface area contributed by atoms with Gasteiger partial charge < -0.3 is 10.3 Å². The lowest BCUT2D eigenvalue weighted by Crippen LogP contribution is -2.20. The number of hydrogen-bond acceptors (Lipinski definition) is 3. The number of carbonyl (C=O) groups excluding carboxylic acids is 2. The molecule has 0 aliphatic carbocycles. The van der Waals surface area contributed by atoms with Gasteiger partial charge in [-0.3, -0.25) is 14.9 Å². The lowest BCUT2D eigenvalue weighted by Gasteiger charge is -2.09. The fourth-order valence-corrected chi connectivity index (χ4v) is 4.46. The summed E-state index contributed by atoms with van der Waals surface area (Å²) in [5.74, 6) is -0.772. The normalized spacial score (nSPS) is 13.5. The molecule has 3 N–H and O–H groups in total. The average molecular weight is 430 g/mol. The zero-order valence-electron chi connectivity index (χ0n) is 16.9. The van der Waals surface area contributed by atoms with E-state index in [0.29, 0.717) is 21.7 Å². The minimum absolute atomic E-state index is 0.377. The van der Waals surface area contributed by atoms with E-state index in [4.69, 9.17) is 11.6 Å². The van der Waals surface area contributed by atoms with Crippen LogP contribution in [0.2, 0.25) is 5.02 Å². The van der Waals surface area contributed by atoms with Gasteiger partial charge in [0, 0.05) is 32.4 Å². The highest BCUT2D eigenvalue weighted by molar-refractivity contribution is 6.36. The van der Waals surface area contributed by atoms with Gasteiger partial charge in [0.1, 0.15) is 0 Å². The van der Waals surface area contributed by atoms with Crippen LogP contribution in [0.4, 0.5) is 0 Å². The SMILES string of the molecule is CNCC/C=C/c1ccc2c(c1)[nH]c1cc(-c3ccccc3Cl)c3c(c12)C(=O)NC3=O. The van der Waals surface area contributed by atoms with Crippen molar-refractivity contribution in [2.45, 2.75) is 6.42 Å². The Balaban J connectivity index is 1.75. The van der Waals surface area contributed by atoms with Gasteiger partial charge >= 0.3 is 0 Å². The van der Waals surface area contributed by atoms with E-state index >= 15 is 0 Å².